The van der Waals surface area contributed by atoms with Crippen LogP contribution in [0.5, 0.6) is 0 Å². The van der Waals surface area contributed by atoms with Gasteiger partial charge in [-0.3, -0.25) is 9.59 Å². The second-order valence-electron chi connectivity index (χ2n) is 4.53. The third-order valence-corrected chi connectivity index (χ3v) is 4.82. The number of anilines is 1. The second kappa shape index (κ2) is 7.00. The lowest BCUT2D eigenvalue weighted by molar-refractivity contribution is -0.129. The number of nitrogens with zero attached hydrogens (tertiary/aromatic N) is 4. The van der Waals surface area contributed by atoms with Crippen LogP contribution in [0.4, 0.5) is 5.13 Å². The van der Waals surface area contributed by atoms with Gasteiger partial charge >= 0.3 is 0 Å². The first-order valence-electron chi connectivity index (χ1n) is 6.25. The predicted octanol–water partition coefficient (Wildman–Crippen LogP) is 0.363. The molecule has 2 rings (SSSR count). The van der Waals surface area contributed by atoms with Crippen molar-refractivity contribution < 1.29 is 9.59 Å². The summed E-state index contributed by atoms with van der Waals surface area (Å²) in [6.07, 6.45) is 0. The maximum atomic E-state index is 12.0. The largest absolute Gasteiger partial charge is 0.339 e. The van der Waals surface area contributed by atoms with E-state index in [4.69, 9.17) is 0 Å². The summed E-state index contributed by atoms with van der Waals surface area (Å²) < 4.78 is 0.691. The predicted molar refractivity (Wildman–Crippen MR) is 79.0 cm³/mol. The Morgan fingerprint density at radius 1 is 1.30 bits per heavy atom. The molecule has 0 atom stereocenters. The van der Waals surface area contributed by atoms with Gasteiger partial charge in [0, 0.05) is 33.1 Å². The molecule has 0 aromatic carbocycles. The minimum absolute atomic E-state index is 0.124. The third-order valence-electron chi connectivity index (χ3n) is 2.86. The molecule has 0 spiro atoms. The zero-order chi connectivity index (χ0) is 14.5. The molecule has 0 bridgehead atoms. The average Bonchev–Trinajstić information content (AvgIpc) is 2.83. The molecule has 1 aromatic heterocycles. The number of carbonyl (C=O) groups excluding carboxylic acids is 2. The number of piperazine rings is 1. The highest BCUT2D eigenvalue weighted by molar-refractivity contribution is 8.01. The van der Waals surface area contributed by atoms with E-state index in [0.717, 1.165) is 26.2 Å². The smallest absolute Gasteiger partial charge is 0.233 e. The van der Waals surface area contributed by atoms with Crippen LogP contribution in [0.3, 0.4) is 0 Å². The molecule has 2 heterocycles. The van der Waals surface area contributed by atoms with Crippen molar-refractivity contribution in [2.75, 3.05) is 44.3 Å². The number of hydrogen-bond donors (Lipinski definition) is 1. The standard InChI is InChI=1S/C11H17N5O2S2/c1-8(17)12-10-13-14-11(20-10)19-7-9(18)16-5-3-15(2)4-6-16/h3-7H2,1-2H3,(H,12,13,17). The molecule has 0 aliphatic carbocycles. The molecular formula is C11H17N5O2S2. The van der Waals surface area contributed by atoms with E-state index in [9.17, 15) is 9.59 Å². The zero-order valence-corrected chi connectivity index (χ0v) is 13.1. The summed E-state index contributed by atoms with van der Waals surface area (Å²) in [7, 11) is 2.06. The highest BCUT2D eigenvalue weighted by atomic mass is 32.2. The van der Waals surface area contributed by atoms with Crippen LogP contribution in [0, 0.1) is 0 Å². The van der Waals surface area contributed by atoms with Crippen LogP contribution in [0.2, 0.25) is 0 Å². The Morgan fingerprint density at radius 2 is 2.00 bits per heavy atom. The number of aromatic nitrogens is 2. The van der Waals surface area contributed by atoms with E-state index >= 15 is 0 Å². The van der Waals surface area contributed by atoms with Crippen molar-refractivity contribution in [1.82, 2.24) is 20.0 Å². The Balaban J connectivity index is 1.78. The lowest BCUT2D eigenvalue weighted by Gasteiger charge is -2.32. The summed E-state index contributed by atoms with van der Waals surface area (Å²) in [5.41, 5.74) is 0. The highest BCUT2D eigenvalue weighted by Gasteiger charge is 2.19. The van der Waals surface area contributed by atoms with Gasteiger partial charge in [0.15, 0.2) is 4.34 Å². The van der Waals surface area contributed by atoms with Crippen LogP contribution in [0.1, 0.15) is 6.92 Å². The Bertz CT molecular complexity index is 485. The summed E-state index contributed by atoms with van der Waals surface area (Å²) in [4.78, 5) is 27.0. The van der Waals surface area contributed by atoms with Crippen LogP contribution in [0.15, 0.2) is 4.34 Å². The zero-order valence-electron chi connectivity index (χ0n) is 11.5. The van der Waals surface area contributed by atoms with Crippen molar-refractivity contribution in [3.8, 4) is 0 Å². The minimum atomic E-state index is -0.175. The molecule has 1 aromatic rings. The number of thioether (sulfide) groups is 1. The van der Waals surface area contributed by atoms with Crippen LogP contribution >= 0.6 is 23.1 Å². The van der Waals surface area contributed by atoms with Crippen molar-refractivity contribution in [3.05, 3.63) is 0 Å². The lowest BCUT2D eigenvalue weighted by Crippen LogP contribution is -2.47. The Labute approximate surface area is 125 Å². The maximum absolute atomic E-state index is 12.0. The van der Waals surface area contributed by atoms with Crippen LogP contribution in [-0.4, -0.2) is 70.8 Å². The van der Waals surface area contributed by atoms with Crippen molar-refractivity contribution in [2.24, 2.45) is 0 Å². The molecule has 1 N–H and O–H groups in total. The second-order valence-corrected chi connectivity index (χ2v) is 6.73. The van der Waals surface area contributed by atoms with E-state index in [2.05, 4.69) is 27.5 Å². The van der Waals surface area contributed by atoms with Gasteiger partial charge in [0.05, 0.1) is 5.75 Å². The fraction of sp³-hybridized carbons (Fsp3) is 0.636. The van der Waals surface area contributed by atoms with Gasteiger partial charge in [-0.05, 0) is 7.05 Å². The van der Waals surface area contributed by atoms with E-state index in [1.807, 2.05) is 4.90 Å². The molecule has 0 saturated carbocycles. The molecule has 1 saturated heterocycles. The number of rotatable bonds is 4. The number of hydrogen-bond acceptors (Lipinski definition) is 7. The van der Waals surface area contributed by atoms with Gasteiger partial charge in [-0.25, -0.2) is 0 Å². The topological polar surface area (TPSA) is 78.4 Å². The van der Waals surface area contributed by atoms with Crippen LogP contribution in [-0.2, 0) is 9.59 Å². The fourth-order valence-electron chi connectivity index (χ4n) is 1.74. The molecule has 1 aliphatic rings. The quantitative estimate of drug-likeness (QED) is 0.638. The highest BCUT2D eigenvalue weighted by Crippen LogP contribution is 2.25. The third kappa shape index (κ3) is 4.43. The maximum Gasteiger partial charge on any atom is 0.233 e. The summed E-state index contributed by atoms with van der Waals surface area (Å²) in [6.45, 7) is 4.82. The molecule has 20 heavy (non-hydrogen) atoms. The van der Waals surface area contributed by atoms with Gasteiger partial charge in [0.1, 0.15) is 0 Å². The molecule has 0 radical (unpaired) electrons. The SMILES string of the molecule is CC(=O)Nc1nnc(SCC(=O)N2CCN(C)CC2)s1. The van der Waals surface area contributed by atoms with Gasteiger partial charge in [-0.2, -0.15) is 0 Å². The monoisotopic (exact) mass is 315 g/mol. The van der Waals surface area contributed by atoms with Gasteiger partial charge in [0.2, 0.25) is 16.9 Å². The van der Waals surface area contributed by atoms with E-state index < -0.39 is 0 Å². The van der Waals surface area contributed by atoms with Gasteiger partial charge in [-0.15, -0.1) is 10.2 Å². The first kappa shape index (κ1) is 15.2. The molecule has 1 fully saturated rings. The van der Waals surface area contributed by atoms with Gasteiger partial charge in [0.25, 0.3) is 0 Å². The van der Waals surface area contributed by atoms with E-state index in [0.29, 0.717) is 15.2 Å². The van der Waals surface area contributed by atoms with E-state index in [1.165, 1.54) is 30.0 Å². The first-order chi connectivity index (χ1) is 9.54. The summed E-state index contributed by atoms with van der Waals surface area (Å²) >= 11 is 2.64. The van der Waals surface area contributed by atoms with Crippen molar-refractivity contribution in [3.63, 3.8) is 0 Å². The summed E-state index contributed by atoms with van der Waals surface area (Å²) in [5.74, 6) is 0.309. The number of amides is 2. The first-order valence-corrected chi connectivity index (χ1v) is 8.05. The number of nitrogens with one attached hydrogen (secondary N) is 1. The van der Waals surface area contributed by atoms with Crippen molar-refractivity contribution >= 4 is 40.0 Å². The van der Waals surface area contributed by atoms with Crippen molar-refractivity contribution in [1.29, 1.82) is 0 Å². The normalized spacial score (nSPS) is 16.2. The number of likely N-dealkylation sites (N-methyl/N-ethyl adjacent to an activating group) is 1. The Hall–Kier alpha value is -1.19. The fourth-order valence-corrected chi connectivity index (χ4v) is 3.44. The molecule has 2 amide bonds. The molecule has 0 unspecified atom stereocenters. The summed E-state index contributed by atoms with van der Waals surface area (Å²) in [6, 6.07) is 0. The summed E-state index contributed by atoms with van der Waals surface area (Å²) in [5, 5.41) is 10.8. The lowest BCUT2D eigenvalue weighted by atomic mass is 10.3. The molecule has 7 nitrogen and oxygen atoms in total. The minimum Gasteiger partial charge on any atom is -0.339 e. The Morgan fingerprint density at radius 3 is 2.65 bits per heavy atom. The average molecular weight is 315 g/mol. The molecular weight excluding hydrogens is 298 g/mol. The number of carbonyl (C=O) groups is 2. The van der Waals surface area contributed by atoms with Crippen molar-refractivity contribution in [2.45, 2.75) is 11.3 Å². The van der Waals surface area contributed by atoms with E-state index in [-0.39, 0.29) is 11.8 Å². The van der Waals surface area contributed by atoms with E-state index in [1.54, 1.807) is 0 Å². The molecule has 9 heteroatoms. The van der Waals surface area contributed by atoms with Crippen LogP contribution in [0.25, 0.3) is 0 Å². The van der Waals surface area contributed by atoms with Crippen LogP contribution < -0.4 is 5.32 Å². The molecule has 1 aliphatic heterocycles. The van der Waals surface area contributed by atoms with Gasteiger partial charge < -0.3 is 15.1 Å². The van der Waals surface area contributed by atoms with Gasteiger partial charge in [-0.1, -0.05) is 23.1 Å². The molecule has 110 valence electrons. The Kier molecular flexibility index (Phi) is 5.32.